The summed E-state index contributed by atoms with van der Waals surface area (Å²) >= 11 is 0. The minimum atomic E-state index is 0.519. The summed E-state index contributed by atoms with van der Waals surface area (Å²) in [5.41, 5.74) is 0. The van der Waals surface area contributed by atoms with Gasteiger partial charge in [0.05, 0.1) is 13.1 Å². The third-order valence-electron chi connectivity index (χ3n) is 1.88. The summed E-state index contributed by atoms with van der Waals surface area (Å²) < 4.78 is 0. The molecule has 0 aromatic carbocycles. The Morgan fingerprint density at radius 2 is 1.86 bits per heavy atom. The van der Waals surface area contributed by atoms with E-state index in [9.17, 15) is 4.79 Å². The van der Waals surface area contributed by atoms with Crippen molar-refractivity contribution in [3.8, 4) is 11.8 Å². The molecule has 0 heterocycles. The van der Waals surface area contributed by atoms with Crippen molar-refractivity contribution in [3.05, 3.63) is 0 Å². The predicted molar refractivity (Wildman–Crippen MR) is 58.9 cm³/mol. The van der Waals surface area contributed by atoms with Gasteiger partial charge in [-0.2, -0.15) is 0 Å². The second-order valence-electron chi connectivity index (χ2n) is 3.47. The number of hydrogen-bond acceptors (Lipinski definition) is 2. The van der Waals surface area contributed by atoms with E-state index in [-0.39, 0.29) is 0 Å². The smallest absolute Gasteiger partial charge is 0.210 e. The van der Waals surface area contributed by atoms with Gasteiger partial charge in [-0.05, 0) is 20.0 Å². The topological polar surface area (TPSA) is 23.6 Å². The van der Waals surface area contributed by atoms with Crippen LogP contribution in [-0.2, 0) is 4.79 Å². The van der Waals surface area contributed by atoms with Crippen LogP contribution in [0.1, 0.15) is 19.8 Å². The lowest BCUT2D eigenvalue weighted by atomic mass is 10.3. The first kappa shape index (κ1) is 13.0. The van der Waals surface area contributed by atoms with Crippen molar-refractivity contribution < 1.29 is 4.79 Å². The molecule has 0 saturated heterocycles. The van der Waals surface area contributed by atoms with Crippen LogP contribution in [-0.4, -0.2) is 49.9 Å². The van der Waals surface area contributed by atoms with Gasteiger partial charge in [0.1, 0.15) is 0 Å². The largest absolute Gasteiger partial charge is 0.337 e. The van der Waals surface area contributed by atoms with Gasteiger partial charge in [0.25, 0.3) is 0 Å². The maximum absolute atomic E-state index is 10.2. The second kappa shape index (κ2) is 8.58. The fourth-order valence-corrected chi connectivity index (χ4v) is 0.916. The van der Waals surface area contributed by atoms with Crippen LogP contribution in [0.4, 0.5) is 0 Å². The summed E-state index contributed by atoms with van der Waals surface area (Å²) in [6.07, 6.45) is 3.22. The van der Waals surface area contributed by atoms with E-state index in [1.165, 1.54) is 17.7 Å². The van der Waals surface area contributed by atoms with E-state index < -0.39 is 0 Å². The van der Waals surface area contributed by atoms with Gasteiger partial charge in [-0.3, -0.25) is 9.69 Å². The molecule has 0 aliphatic rings. The molecule has 0 unspecified atom stereocenters. The molecule has 3 heteroatoms. The van der Waals surface area contributed by atoms with Crippen LogP contribution >= 0.6 is 0 Å². The molecule has 0 saturated carbocycles. The first-order valence-electron chi connectivity index (χ1n) is 5.00. The molecule has 1 amide bonds. The van der Waals surface area contributed by atoms with E-state index >= 15 is 0 Å². The molecule has 0 aromatic heterocycles. The number of rotatable bonds is 6. The molecule has 0 radical (unpaired) electrons. The minimum absolute atomic E-state index is 0.519. The third kappa shape index (κ3) is 7.63. The van der Waals surface area contributed by atoms with E-state index in [2.05, 4.69) is 30.7 Å². The Hall–Kier alpha value is -1.01. The van der Waals surface area contributed by atoms with Gasteiger partial charge in [-0.15, -0.1) is 0 Å². The monoisotopic (exact) mass is 196 g/mol. The Morgan fingerprint density at radius 3 is 2.43 bits per heavy atom. The van der Waals surface area contributed by atoms with Crippen molar-refractivity contribution in [1.82, 2.24) is 9.80 Å². The van der Waals surface area contributed by atoms with Gasteiger partial charge in [0.15, 0.2) is 0 Å². The molecule has 80 valence electrons. The highest BCUT2D eigenvalue weighted by atomic mass is 16.1. The number of carbonyl (C=O) groups is 1. The van der Waals surface area contributed by atoms with Crippen LogP contribution in [0, 0.1) is 11.8 Å². The quantitative estimate of drug-likeness (QED) is 0.463. The van der Waals surface area contributed by atoms with Gasteiger partial charge in [-0.25, -0.2) is 0 Å². The molecule has 0 aliphatic heterocycles. The fraction of sp³-hybridized carbons (Fsp3) is 0.727. The van der Waals surface area contributed by atoms with Crippen molar-refractivity contribution in [2.75, 3.05) is 33.7 Å². The molecule has 0 spiro atoms. The zero-order valence-corrected chi connectivity index (χ0v) is 9.42. The van der Waals surface area contributed by atoms with E-state index in [4.69, 9.17) is 0 Å². The van der Waals surface area contributed by atoms with Crippen LogP contribution < -0.4 is 0 Å². The summed E-state index contributed by atoms with van der Waals surface area (Å²) in [5, 5.41) is 0. The first-order valence-corrected chi connectivity index (χ1v) is 5.00. The SMILES string of the molecule is CCCCN(C)CC#CCN(C)C=O. The zero-order valence-electron chi connectivity index (χ0n) is 9.42. The summed E-state index contributed by atoms with van der Waals surface area (Å²) in [6, 6.07) is 0. The summed E-state index contributed by atoms with van der Waals surface area (Å²) in [4.78, 5) is 13.9. The Morgan fingerprint density at radius 1 is 1.21 bits per heavy atom. The van der Waals surface area contributed by atoms with Crippen molar-refractivity contribution in [2.45, 2.75) is 19.8 Å². The minimum Gasteiger partial charge on any atom is -0.337 e. The predicted octanol–water partition coefficient (Wildman–Crippen LogP) is 0.810. The lowest BCUT2D eigenvalue weighted by Crippen LogP contribution is -2.20. The van der Waals surface area contributed by atoms with Crippen molar-refractivity contribution in [2.24, 2.45) is 0 Å². The van der Waals surface area contributed by atoms with Crippen molar-refractivity contribution in [1.29, 1.82) is 0 Å². The summed E-state index contributed by atoms with van der Waals surface area (Å²) in [6.45, 7) is 4.57. The molecule has 0 fully saturated rings. The third-order valence-corrected chi connectivity index (χ3v) is 1.88. The van der Waals surface area contributed by atoms with Gasteiger partial charge >= 0.3 is 0 Å². The van der Waals surface area contributed by atoms with Crippen molar-refractivity contribution in [3.63, 3.8) is 0 Å². The van der Waals surface area contributed by atoms with E-state index in [0.717, 1.165) is 19.5 Å². The maximum atomic E-state index is 10.2. The molecule has 0 aliphatic carbocycles. The Labute approximate surface area is 87.1 Å². The van der Waals surface area contributed by atoms with Gasteiger partial charge in [0.2, 0.25) is 6.41 Å². The zero-order chi connectivity index (χ0) is 10.8. The normalized spacial score (nSPS) is 9.43. The lowest BCUT2D eigenvalue weighted by molar-refractivity contribution is -0.116. The Balaban J connectivity index is 3.53. The molecule has 0 aromatic rings. The van der Waals surface area contributed by atoms with E-state index in [1.54, 1.807) is 7.05 Å². The van der Waals surface area contributed by atoms with Crippen molar-refractivity contribution >= 4 is 6.41 Å². The molecular weight excluding hydrogens is 176 g/mol. The van der Waals surface area contributed by atoms with Crippen LogP contribution in [0.25, 0.3) is 0 Å². The number of hydrogen-bond donors (Lipinski definition) is 0. The molecule has 3 nitrogen and oxygen atoms in total. The Kier molecular flexibility index (Phi) is 7.96. The lowest BCUT2D eigenvalue weighted by Gasteiger charge is -2.11. The highest BCUT2D eigenvalue weighted by molar-refractivity contribution is 5.47. The van der Waals surface area contributed by atoms with Crippen LogP contribution in [0.5, 0.6) is 0 Å². The molecule has 14 heavy (non-hydrogen) atoms. The summed E-state index contributed by atoms with van der Waals surface area (Å²) in [5.74, 6) is 5.98. The highest BCUT2D eigenvalue weighted by Gasteiger charge is 1.92. The average Bonchev–Trinajstić information content (AvgIpc) is 2.21. The van der Waals surface area contributed by atoms with Gasteiger partial charge < -0.3 is 4.90 Å². The van der Waals surface area contributed by atoms with Crippen LogP contribution in [0.2, 0.25) is 0 Å². The molecule has 0 atom stereocenters. The highest BCUT2D eigenvalue weighted by Crippen LogP contribution is 1.89. The second-order valence-corrected chi connectivity index (χ2v) is 3.47. The molecule has 0 bridgehead atoms. The Bertz CT molecular complexity index is 205. The average molecular weight is 196 g/mol. The molecule has 0 rings (SSSR count). The molecular formula is C11H20N2O. The number of unbranched alkanes of at least 4 members (excludes halogenated alkanes) is 1. The van der Waals surface area contributed by atoms with E-state index in [1.807, 2.05) is 0 Å². The number of carbonyl (C=O) groups excluding carboxylic acids is 1. The van der Waals surface area contributed by atoms with Crippen LogP contribution in [0.3, 0.4) is 0 Å². The van der Waals surface area contributed by atoms with E-state index in [0.29, 0.717) is 6.54 Å². The fourth-order valence-electron chi connectivity index (χ4n) is 0.916. The number of amides is 1. The number of nitrogens with zero attached hydrogens (tertiary/aromatic N) is 2. The van der Waals surface area contributed by atoms with Crippen LogP contribution in [0.15, 0.2) is 0 Å². The molecule has 0 N–H and O–H groups in total. The summed E-state index contributed by atoms with van der Waals surface area (Å²) in [7, 11) is 3.79. The maximum Gasteiger partial charge on any atom is 0.210 e. The van der Waals surface area contributed by atoms with Gasteiger partial charge in [0, 0.05) is 7.05 Å². The first-order chi connectivity index (χ1) is 6.70. The van der Waals surface area contributed by atoms with Gasteiger partial charge in [-0.1, -0.05) is 25.2 Å². The standard InChI is InChI=1S/C11H20N2O/c1-4-5-8-12(2)9-6-7-10-13(3)11-14/h11H,4-5,8-10H2,1-3H3.